The number of hydrogen-bond donors (Lipinski definition) is 1. The molecule has 0 atom stereocenters. The zero-order valence-corrected chi connectivity index (χ0v) is 16.7. The standard InChI is InChI=1S/C20H13F4N3O4S/c21-13-1-6-17-16(9-13)12(7-8-25-17)10-26-11-18(28)27(19(26)29)14-2-4-15(5-3-14)32(30,31)20(22,23)24/h1-9,11,28H,10H2. The normalized spacial score (nSPS) is 12.4. The van der Waals surface area contributed by atoms with E-state index in [-0.39, 0.29) is 12.2 Å². The van der Waals surface area contributed by atoms with Crippen molar-refractivity contribution in [2.75, 3.05) is 0 Å². The molecule has 0 saturated heterocycles. The average molecular weight is 467 g/mol. The lowest BCUT2D eigenvalue weighted by Crippen LogP contribution is -2.24. The van der Waals surface area contributed by atoms with Crippen LogP contribution in [0.25, 0.3) is 16.6 Å². The Balaban J connectivity index is 1.72. The quantitative estimate of drug-likeness (QED) is 0.465. The zero-order chi connectivity index (χ0) is 23.3. The summed E-state index contributed by atoms with van der Waals surface area (Å²) in [6, 6.07) is 8.91. The van der Waals surface area contributed by atoms with Gasteiger partial charge in [0.2, 0.25) is 5.88 Å². The van der Waals surface area contributed by atoms with Gasteiger partial charge < -0.3 is 5.11 Å². The van der Waals surface area contributed by atoms with Crippen molar-refractivity contribution >= 4 is 20.7 Å². The Bertz CT molecular complexity index is 1490. The van der Waals surface area contributed by atoms with Crippen LogP contribution in [-0.2, 0) is 16.4 Å². The number of pyridine rings is 1. The maximum absolute atomic E-state index is 13.7. The molecule has 0 saturated carbocycles. The molecule has 0 amide bonds. The fourth-order valence-electron chi connectivity index (χ4n) is 3.24. The summed E-state index contributed by atoms with van der Waals surface area (Å²) in [5.41, 5.74) is -5.21. The van der Waals surface area contributed by atoms with Gasteiger partial charge >= 0.3 is 11.2 Å². The Hall–Kier alpha value is -3.67. The van der Waals surface area contributed by atoms with Gasteiger partial charge in [-0.15, -0.1) is 0 Å². The summed E-state index contributed by atoms with van der Waals surface area (Å²) in [7, 11) is -5.55. The van der Waals surface area contributed by atoms with Crippen LogP contribution in [-0.4, -0.2) is 33.2 Å². The van der Waals surface area contributed by atoms with Crippen LogP contribution in [0, 0.1) is 5.82 Å². The van der Waals surface area contributed by atoms with E-state index in [1.54, 1.807) is 6.07 Å². The molecular weight excluding hydrogens is 454 g/mol. The van der Waals surface area contributed by atoms with Crippen LogP contribution in [0.15, 0.2) is 70.6 Å². The first-order valence-electron chi connectivity index (χ1n) is 8.95. The van der Waals surface area contributed by atoms with Gasteiger partial charge in [-0.25, -0.2) is 22.2 Å². The van der Waals surface area contributed by atoms with Crippen molar-refractivity contribution in [2.45, 2.75) is 16.9 Å². The number of nitrogens with zero attached hydrogens (tertiary/aromatic N) is 3. The summed E-state index contributed by atoms with van der Waals surface area (Å²) in [6.07, 6.45) is 2.59. The van der Waals surface area contributed by atoms with Crippen LogP contribution in [0.3, 0.4) is 0 Å². The predicted molar refractivity (Wildman–Crippen MR) is 106 cm³/mol. The van der Waals surface area contributed by atoms with Crippen molar-refractivity contribution in [2.24, 2.45) is 0 Å². The van der Waals surface area contributed by atoms with Gasteiger partial charge in [0.05, 0.1) is 28.8 Å². The van der Waals surface area contributed by atoms with Gasteiger partial charge in [0.25, 0.3) is 9.84 Å². The summed E-state index contributed by atoms with van der Waals surface area (Å²) < 4.78 is 76.7. The lowest BCUT2D eigenvalue weighted by Gasteiger charge is -2.09. The molecule has 0 spiro atoms. The van der Waals surface area contributed by atoms with Crippen LogP contribution < -0.4 is 5.69 Å². The second-order valence-corrected chi connectivity index (χ2v) is 8.75. The molecule has 1 N–H and O–H groups in total. The zero-order valence-electron chi connectivity index (χ0n) is 15.9. The fraction of sp³-hybridized carbons (Fsp3) is 0.100. The van der Waals surface area contributed by atoms with Crippen molar-refractivity contribution in [3.8, 4) is 11.6 Å². The minimum Gasteiger partial charge on any atom is -0.493 e. The number of aromatic nitrogens is 3. The lowest BCUT2D eigenvalue weighted by atomic mass is 10.1. The monoisotopic (exact) mass is 467 g/mol. The molecular formula is C20H13F4N3O4S. The summed E-state index contributed by atoms with van der Waals surface area (Å²) in [5.74, 6) is -1.01. The topological polar surface area (TPSA) is 94.2 Å². The third kappa shape index (κ3) is 3.62. The predicted octanol–water partition coefficient (Wildman–Crippen LogP) is 3.37. The van der Waals surface area contributed by atoms with Crippen molar-refractivity contribution in [1.82, 2.24) is 14.1 Å². The van der Waals surface area contributed by atoms with Crippen molar-refractivity contribution < 1.29 is 31.1 Å². The SMILES string of the molecule is O=c1n(Cc2ccnc3ccc(F)cc23)cc(O)n1-c1ccc(S(=O)(=O)C(F)(F)F)cc1. The van der Waals surface area contributed by atoms with E-state index in [0.29, 0.717) is 28.6 Å². The number of benzene rings is 2. The Morgan fingerprint density at radius 2 is 1.72 bits per heavy atom. The highest BCUT2D eigenvalue weighted by atomic mass is 32.2. The second kappa shape index (κ2) is 7.48. The van der Waals surface area contributed by atoms with E-state index in [4.69, 9.17) is 0 Å². The van der Waals surface area contributed by atoms with Crippen molar-refractivity contribution in [3.63, 3.8) is 0 Å². The minimum atomic E-state index is -5.55. The van der Waals surface area contributed by atoms with Gasteiger partial charge in [-0.2, -0.15) is 13.2 Å². The highest BCUT2D eigenvalue weighted by Crippen LogP contribution is 2.30. The van der Waals surface area contributed by atoms with Crippen molar-refractivity contribution in [3.05, 3.63) is 82.8 Å². The van der Waals surface area contributed by atoms with Crippen LogP contribution in [0.1, 0.15) is 5.56 Å². The van der Waals surface area contributed by atoms with Crippen LogP contribution >= 0.6 is 0 Å². The Labute approximate surface area is 177 Å². The molecule has 32 heavy (non-hydrogen) atoms. The fourth-order valence-corrected chi connectivity index (χ4v) is 4.00. The number of imidazole rings is 1. The Morgan fingerprint density at radius 1 is 1.03 bits per heavy atom. The third-order valence-electron chi connectivity index (χ3n) is 4.78. The smallest absolute Gasteiger partial charge is 0.493 e. The average Bonchev–Trinajstić information content (AvgIpc) is 3.00. The first-order valence-corrected chi connectivity index (χ1v) is 10.4. The van der Waals surface area contributed by atoms with Crippen LogP contribution in [0.5, 0.6) is 5.88 Å². The first kappa shape index (κ1) is 21.6. The van der Waals surface area contributed by atoms with E-state index < -0.39 is 37.6 Å². The summed E-state index contributed by atoms with van der Waals surface area (Å²) in [6.45, 7) is -0.0532. The molecule has 2 aromatic carbocycles. The number of halogens is 4. The van der Waals surface area contributed by atoms with Gasteiger partial charge in [-0.3, -0.25) is 9.55 Å². The van der Waals surface area contributed by atoms with E-state index in [1.807, 2.05) is 0 Å². The molecule has 0 radical (unpaired) electrons. The molecule has 0 aliphatic rings. The van der Waals surface area contributed by atoms with Gasteiger partial charge in [-0.05, 0) is 54.1 Å². The van der Waals surface area contributed by atoms with E-state index >= 15 is 0 Å². The molecule has 0 bridgehead atoms. The first-order chi connectivity index (χ1) is 15.0. The third-order valence-corrected chi connectivity index (χ3v) is 6.28. The molecule has 4 rings (SSSR count). The van der Waals surface area contributed by atoms with Gasteiger partial charge in [0.15, 0.2) is 0 Å². The number of fused-ring (bicyclic) bond motifs is 1. The Morgan fingerprint density at radius 3 is 2.38 bits per heavy atom. The van der Waals surface area contributed by atoms with E-state index in [0.717, 1.165) is 27.5 Å². The molecule has 0 aliphatic heterocycles. The van der Waals surface area contributed by atoms with E-state index in [9.17, 15) is 35.9 Å². The highest BCUT2D eigenvalue weighted by molar-refractivity contribution is 7.92. The van der Waals surface area contributed by atoms with E-state index in [1.165, 1.54) is 24.4 Å². The molecule has 7 nitrogen and oxygen atoms in total. The van der Waals surface area contributed by atoms with Gasteiger partial charge in [0.1, 0.15) is 5.82 Å². The molecule has 12 heteroatoms. The molecule has 0 unspecified atom stereocenters. The highest BCUT2D eigenvalue weighted by Gasteiger charge is 2.46. The number of sulfone groups is 1. The minimum absolute atomic E-state index is 0.0435. The molecule has 0 aliphatic carbocycles. The number of hydrogen-bond acceptors (Lipinski definition) is 5. The summed E-state index contributed by atoms with van der Waals surface area (Å²) in [5, 5.41) is 10.7. The molecule has 0 fully saturated rings. The maximum atomic E-state index is 13.7. The van der Waals surface area contributed by atoms with Gasteiger partial charge in [-0.1, -0.05) is 0 Å². The molecule has 2 aromatic heterocycles. The summed E-state index contributed by atoms with van der Waals surface area (Å²) >= 11 is 0. The number of rotatable bonds is 4. The number of alkyl halides is 3. The second-order valence-electron chi connectivity index (χ2n) is 6.81. The van der Waals surface area contributed by atoms with Crippen LogP contribution in [0.4, 0.5) is 17.6 Å². The summed E-state index contributed by atoms with van der Waals surface area (Å²) in [4.78, 5) is 15.9. The maximum Gasteiger partial charge on any atom is 0.501 e. The molecule has 4 aromatic rings. The van der Waals surface area contributed by atoms with Crippen molar-refractivity contribution in [1.29, 1.82) is 0 Å². The number of aromatic hydroxyl groups is 1. The van der Waals surface area contributed by atoms with E-state index in [2.05, 4.69) is 4.98 Å². The lowest BCUT2D eigenvalue weighted by molar-refractivity contribution is -0.0436. The Kier molecular flexibility index (Phi) is 5.04. The molecule has 166 valence electrons. The van der Waals surface area contributed by atoms with Crippen LogP contribution in [0.2, 0.25) is 0 Å². The largest absolute Gasteiger partial charge is 0.501 e. The molecule has 2 heterocycles. The van der Waals surface area contributed by atoms with Gasteiger partial charge in [0, 0.05) is 11.6 Å².